The van der Waals surface area contributed by atoms with Crippen LogP contribution in [0.15, 0.2) is 18.3 Å². The lowest BCUT2D eigenvalue weighted by molar-refractivity contribution is 0.187. The monoisotopic (exact) mass is 287 g/mol. The van der Waals surface area contributed by atoms with Gasteiger partial charge in [0.05, 0.1) is 0 Å². The molecule has 0 amide bonds. The van der Waals surface area contributed by atoms with Crippen LogP contribution >= 0.6 is 0 Å². The Morgan fingerprint density at radius 2 is 1.86 bits per heavy atom. The molecule has 0 N–H and O–H groups in total. The molecule has 1 aromatic heterocycles. The molecule has 0 saturated heterocycles. The van der Waals surface area contributed by atoms with E-state index in [1.807, 2.05) is 0 Å². The van der Waals surface area contributed by atoms with E-state index >= 15 is 0 Å². The largest absolute Gasteiger partial charge is 0.261 e. The second kappa shape index (κ2) is 7.96. The number of aromatic nitrogens is 1. The van der Waals surface area contributed by atoms with Crippen LogP contribution in [0.1, 0.15) is 71.1 Å². The van der Waals surface area contributed by atoms with Crippen molar-refractivity contribution in [3.8, 4) is 0 Å². The van der Waals surface area contributed by atoms with E-state index in [9.17, 15) is 0 Å². The zero-order valence-corrected chi connectivity index (χ0v) is 14.4. The molecule has 0 bridgehead atoms. The Morgan fingerprint density at radius 1 is 1.10 bits per heavy atom. The predicted octanol–water partition coefficient (Wildman–Crippen LogP) is 5.68. The zero-order valence-electron chi connectivity index (χ0n) is 14.4. The van der Waals surface area contributed by atoms with Gasteiger partial charge < -0.3 is 0 Å². The summed E-state index contributed by atoms with van der Waals surface area (Å²) in [6, 6.07) is 4.58. The number of rotatable bonds is 8. The first-order valence-electron chi connectivity index (χ1n) is 9.06. The highest BCUT2D eigenvalue weighted by atomic mass is 14.7. The van der Waals surface area contributed by atoms with Crippen LogP contribution in [0.4, 0.5) is 0 Å². The van der Waals surface area contributed by atoms with Crippen LogP contribution in [0.25, 0.3) is 0 Å². The molecular weight excluding hydrogens is 254 g/mol. The van der Waals surface area contributed by atoms with Crippen LogP contribution in [0.2, 0.25) is 0 Å². The first kappa shape index (κ1) is 16.5. The van der Waals surface area contributed by atoms with E-state index in [-0.39, 0.29) is 0 Å². The summed E-state index contributed by atoms with van der Waals surface area (Å²) in [7, 11) is 0. The molecule has 0 spiro atoms. The fraction of sp³-hybridized carbons (Fsp3) is 0.750. The third-order valence-electron chi connectivity index (χ3n) is 5.57. The van der Waals surface area contributed by atoms with E-state index in [1.54, 1.807) is 0 Å². The van der Waals surface area contributed by atoms with Gasteiger partial charge in [0.15, 0.2) is 0 Å². The van der Waals surface area contributed by atoms with Crippen molar-refractivity contribution in [2.75, 3.05) is 0 Å². The Labute approximate surface area is 131 Å². The number of nitrogens with zero attached hydrogens (tertiary/aromatic N) is 1. The van der Waals surface area contributed by atoms with Gasteiger partial charge in [-0.3, -0.25) is 4.98 Å². The Hall–Kier alpha value is -0.850. The number of hydrogen-bond donors (Lipinski definition) is 0. The van der Waals surface area contributed by atoms with Gasteiger partial charge in [0.25, 0.3) is 0 Å². The molecule has 0 aromatic carbocycles. The Bertz CT molecular complexity index is 402. The fourth-order valence-electron chi connectivity index (χ4n) is 3.67. The maximum absolute atomic E-state index is 4.71. The van der Waals surface area contributed by atoms with E-state index in [0.29, 0.717) is 0 Å². The third-order valence-corrected chi connectivity index (χ3v) is 5.57. The van der Waals surface area contributed by atoms with Crippen molar-refractivity contribution in [1.29, 1.82) is 0 Å². The van der Waals surface area contributed by atoms with Crippen LogP contribution in [0.3, 0.4) is 0 Å². The van der Waals surface area contributed by atoms with Gasteiger partial charge in [0.1, 0.15) is 0 Å². The van der Waals surface area contributed by atoms with Gasteiger partial charge in [-0.15, -0.1) is 0 Å². The molecule has 0 radical (unpaired) electrons. The van der Waals surface area contributed by atoms with Crippen molar-refractivity contribution in [2.24, 2.45) is 23.7 Å². The normalized spacial score (nSPS) is 24.4. The van der Waals surface area contributed by atoms with Crippen molar-refractivity contribution in [3.63, 3.8) is 0 Å². The topological polar surface area (TPSA) is 12.9 Å². The Morgan fingerprint density at radius 3 is 2.43 bits per heavy atom. The lowest BCUT2D eigenvalue weighted by Gasteiger charge is -2.34. The van der Waals surface area contributed by atoms with Gasteiger partial charge in [0.2, 0.25) is 0 Å². The van der Waals surface area contributed by atoms with Gasteiger partial charge in [-0.05, 0) is 61.0 Å². The summed E-state index contributed by atoms with van der Waals surface area (Å²) in [5, 5.41) is 0. The molecule has 1 aliphatic carbocycles. The van der Waals surface area contributed by atoms with Crippen molar-refractivity contribution in [3.05, 3.63) is 29.6 Å². The predicted molar refractivity (Wildman–Crippen MR) is 91.4 cm³/mol. The minimum atomic E-state index is 0.736. The quantitative estimate of drug-likeness (QED) is 0.600. The van der Waals surface area contributed by atoms with Gasteiger partial charge >= 0.3 is 0 Å². The average Bonchev–Trinajstić information content (AvgIpc) is 2.44. The smallest absolute Gasteiger partial charge is 0.0406 e. The molecule has 21 heavy (non-hydrogen) atoms. The third kappa shape index (κ3) is 4.83. The molecule has 0 aliphatic heterocycles. The molecule has 118 valence electrons. The van der Waals surface area contributed by atoms with Crippen molar-refractivity contribution in [1.82, 2.24) is 4.98 Å². The molecule has 1 saturated carbocycles. The van der Waals surface area contributed by atoms with E-state index < -0.39 is 0 Å². The molecule has 1 nitrogen and oxygen atoms in total. The lowest BCUT2D eigenvalue weighted by atomic mass is 9.71. The average molecular weight is 287 g/mol. The van der Waals surface area contributed by atoms with Gasteiger partial charge in [0, 0.05) is 11.9 Å². The summed E-state index contributed by atoms with van der Waals surface area (Å²) in [6.45, 7) is 9.34. The minimum Gasteiger partial charge on any atom is -0.261 e. The number of hydrogen-bond acceptors (Lipinski definition) is 1. The highest BCUT2D eigenvalue weighted by molar-refractivity contribution is 5.15. The first-order chi connectivity index (χ1) is 10.1. The molecule has 2 rings (SSSR count). The van der Waals surface area contributed by atoms with Crippen molar-refractivity contribution < 1.29 is 0 Å². The second-order valence-electron chi connectivity index (χ2n) is 7.42. The van der Waals surface area contributed by atoms with E-state index in [4.69, 9.17) is 4.98 Å². The molecule has 2 atom stereocenters. The van der Waals surface area contributed by atoms with Crippen LogP contribution in [-0.4, -0.2) is 4.98 Å². The van der Waals surface area contributed by atoms with E-state index in [0.717, 1.165) is 30.1 Å². The maximum Gasteiger partial charge on any atom is 0.0406 e. The summed E-state index contributed by atoms with van der Waals surface area (Å²) in [5.41, 5.74) is 2.71. The minimum absolute atomic E-state index is 0.736. The van der Waals surface area contributed by atoms with Gasteiger partial charge in [-0.1, -0.05) is 53.0 Å². The molecular formula is C20H33N. The van der Waals surface area contributed by atoms with Crippen LogP contribution in [-0.2, 0) is 12.8 Å². The number of pyridine rings is 1. The first-order valence-corrected chi connectivity index (χ1v) is 9.06. The van der Waals surface area contributed by atoms with Crippen molar-refractivity contribution in [2.45, 2.75) is 72.6 Å². The molecule has 1 heteroatoms. The Balaban J connectivity index is 1.79. The zero-order chi connectivity index (χ0) is 15.2. The summed E-state index contributed by atoms with van der Waals surface area (Å²) >= 11 is 0. The summed E-state index contributed by atoms with van der Waals surface area (Å²) in [6.07, 6.45) is 11.4. The summed E-state index contributed by atoms with van der Waals surface area (Å²) < 4.78 is 0. The van der Waals surface area contributed by atoms with Gasteiger partial charge in [-0.2, -0.15) is 0 Å². The standard InChI is InChI=1S/C20H33N/c1-5-7-15(3)16(4)10-20-9-8-18(14-21-20)13-19-11-17(6-2)12-19/h8-9,14-17,19H,5-7,10-13H2,1-4H3. The van der Waals surface area contributed by atoms with Crippen LogP contribution in [0.5, 0.6) is 0 Å². The maximum atomic E-state index is 4.71. The second-order valence-corrected chi connectivity index (χ2v) is 7.42. The molecule has 1 aromatic rings. The van der Waals surface area contributed by atoms with Crippen molar-refractivity contribution >= 4 is 0 Å². The lowest BCUT2D eigenvalue weighted by Crippen LogP contribution is -2.24. The van der Waals surface area contributed by atoms with E-state index in [1.165, 1.54) is 49.8 Å². The SMILES string of the molecule is CCCC(C)C(C)Cc1ccc(CC2CC(CC)C2)cn1. The Kier molecular flexibility index (Phi) is 6.26. The summed E-state index contributed by atoms with van der Waals surface area (Å²) in [4.78, 5) is 4.71. The fourth-order valence-corrected chi connectivity index (χ4v) is 3.67. The highest BCUT2D eigenvalue weighted by Crippen LogP contribution is 2.37. The highest BCUT2D eigenvalue weighted by Gasteiger charge is 2.27. The van der Waals surface area contributed by atoms with Crippen LogP contribution < -0.4 is 0 Å². The summed E-state index contributed by atoms with van der Waals surface area (Å²) in [5.74, 6) is 3.46. The molecule has 2 unspecified atom stereocenters. The van der Waals surface area contributed by atoms with Crippen LogP contribution in [0, 0.1) is 23.7 Å². The van der Waals surface area contributed by atoms with Gasteiger partial charge in [-0.25, -0.2) is 0 Å². The van der Waals surface area contributed by atoms with E-state index in [2.05, 4.69) is 46.0 Å². The molecule has 1 aliphatic rings. The molecule has 1 heterocycles. The molecule has 1 fully saturated rings.